The van der Waals surface area contributed by atoms with Crippen LogP contribution in [0.25, 0.3) is 16.6 Å². The average molecular weight is 437 g/mol. The lowest BCUT2D eigenvalue weighted by Crippen LogP contribution is -2.15. The van der Waals surface area contributed by atoms with E-state index < -0.39 is 46.0 Å². The maximum Gasteiger partial charge on any atom is 0.169 e. The molecule has 0 heterocycles. The predicted octanol–water partition coefficient (Wildman–Crippen LogP) is 8.98. The Morgan fingerprint density at radius 1 is 1.00 bits per heavy atom. The van der Waals surface area contributed by atoms with E-state index in [0.717, 1.165) is 31.7 Å². The Morgan fingerprint density at radius 3 is 2.35 bits per heavy atom. The number of rotatable bonds is 7. The van der Waals surface area contributed by atoms with Crippen molar-refractivity contribution in [2.75, 3.05) is 0 Å². The van der Waals surface area contributed by atoms with Crippen LogP contribution in [-0.4, -0.2) is 0 Å². The predicted molar refractivity (Wildman–Crippen MR) is 116 cm³/mol. The van der Waals surface area contributed by atoms with Gasteiger partial charge in [0.25, 0.3) is 0 Å². The van der Waals surface area contributed by atoms with E-state index in [1.54, 1.807) is 6.08 Å². The van der Waals surface area contributed by atoms with Gasteiger partial charge in [0, 0.05) is 11.5 Å². The van der Waals surface area contributed by atoms with Gasteiger partial charge in [0.15, 0.2) is 17.5 Å². The largest absolute Gasteiger partial charge is 0.208 e. The monoisotopic (exact) mass is 436 g/mol. The van der Waals surface area contributed by atoms with Crippen LogP contribution in [0.4, 0.5) is 22.0 Å². The van der Waals surface area contributed by atoms with E-state index in [9.17, 15) is 17.6 Å². The third-order valence-corrected chi connectivity index (χ3v) is 6.36. The van der Waals surface area contributed by atoms with Crippen LogP contribution in [0.15, 0.2) is 36.2 Å². The normalized spacial score (nSPS) is 20.5. The molecule has 3 rings (SSSR count). The van der Waals surface area contributed by atoms with Gasteiger partial charge in [0.05, 0.1) is 5.39 Å². The molecule has 0 nitrogen and oxygen atoms in total. The van der Waals surface area contributed by atoms with E-state index in [2.05, 4.69) is 6.92 Å². The van der Waals surface area contributed by atoms with E-state index in [1.807, 2.05) is 13.0 Å². The fourth-order valence-corrected chi connectivity index (χ4v) is 4.61. The summed E-state index contributed by atoms with van der Waals surface area (Å²) in [6.07, 6.45) is 9.19. The number of allylic oxidation sites excluding steroid dienone is 3. The summed E-state index contributed by atoms with van der Waals surface area (Å²) in [7, 11) is 0. The topological polar surface area (TPSA) is 0 Å². The zero-order chi connectivity index (χ0) is 22.5. The van der Waals surface area contributed by atoms with Gasteiger partial charge in [-0.05, 0) is 74.4 Å². The van der Waals surface area contributed by atoms with Gasteiger partial charge in [0.1, 0.15) is 11.6 Å². The summed E-state index contributed by atoms with van der Waals surface area (Å²) in [6.45, 7) is 3.92. The van der Waals surface area contributed by atoms with Gasteiger partial charge < -0.3 is 0 Å². The number of hydrogen-bond donors (Lipinski definition) is 0. The SMILES string of the molecule is C/C=C/CCc1cc2ccc(C(F)=C(F)C3CCC(CCC)CC3)c(F)c2c(F)c1F. The fraction of sp³-hybridized carbons (Fsp3) is 0.462. The number of benzene rings is 2. The second-order valence-electron chi connectivity index (χ2n) is 8.46. The van der Waals surface area contributed by atoms with Crippen molar-refractivity contribution in [2.45, 2.75) is 65.2 Å². The van der Waals surface area contributed by atoms with E-state index in [0.29, 0.717) is 25.2 Å². The van der Waals surface area contributed by atoms with Crippen LogP contribution >= 0.6 is 0 Å². The molecule has 1 saturated carbocycles. The van der Waals surface area contributed by atoms with Gasteiger partial charge in [0.2, 0.25) is 0 Å². The minimum Gasteiger partial charge on any atom is -0.208 e. The summed E-state index contributed by atoms with van der Waals surface area (Å²) in [6, 6.07) is 3.81. The van der Waals surface area contributed by atoms with Crippen molar-refractivity contribution in [2.24, 2.45) is 11.8 Å². The average Bonchev–Trinajstić information content (AvgIpc) is 2.77. The number of fused-ring (bicyclic) bond motifs is 1. The molecule has 1 aliphatic rings. The first kappa shape index (κ1) is 23.5. The van der Waals surface area contributed by atoms with E-state index in [1.165, 1.54) is 12.1 Å². The molecule has 0 saturated heterocycles. The third-order valence-electron chi connectivity index (χ3n) is 6.36. The highest BCUT2D eigenvalue weighted by atomic mass is 19.2. The highest BCUT2D eigenvalue weighted by Gasteiger charge is 2.28. The Hall–Kier alpha value is -2.17. The minimum atomic E-state index is -1.36. The van der Waals surface area contributed by atoms with Crippen molar-refractivity contribution in [3.05, 3.63) is 64.8 Å². The molecule has 0 radical (unpaired) electrons. The van der Waals surface area contributed by atoms with Crippen LogP contribution in [-0.2, 0) is 6.42 Å². The molecule has 2 aromatic carbocycles. The smallest absolute Gasteiger partial charge is 0.169 e. The number of aryl methyl sites for hydroxylation is 1. The Kier molecular flexibility index (Phi) is 7.90. The standard InChI is InChI=1S/C26H29F5/c1-3-5-6-8-19-15-18-13-14-20(24(29)21(18)26(31)23(19)28)25(30)22(27)17-11-9-16(7-4-2)10-12-17/h3,5,13-17H,4,6-12H2,1-2H3/b5-3+,25-22?. The first-order valence-corrected chi connectivity index (χ1v) is 11.1. The van der Waals surface area contributed by atoms with Crippen LogP contribution in [0.3, 0.4) is 0 Å². The summed E-state index contributed by atoms with van der Waals surface area (Å²) in [4.78, 5) is 0. The molecular formula is C26H29F5. The first-order valence-electron chi connectivity index (χ1n) is 11.1. The van der Waals surface area contributed by atoms with E-state index in [4.69, 9.17) is 0 Å². The van der Waals surface area contributed by atoms with Gasteiger partial charge in [-0.1, -0.05) is 38.0 Å². The summed E-state index contributed by atoms with van der Waals surface area (Å²) >= 11 is 0. The van der Waals surface area contributed by atoms with Crippen LogP contribution in [0.1, 0.15) is 69.9 Å². The number of hydrogen-bond acceptors (Lipinski definition) is 0. The highest BCUT2D eigenvalue weighted by molar-refractivity contribution is 5.88. The van der Waals surface area contributed by atoms with E-state index >= 15 is 4.39 Å². The second kappa shape index (κ2) is 10.4. The molecule has 1 fully saturated rings. The lowest BCUT2D eigenvalue weighted by atomic mass is 9.79. The molecule has 0 amide bonds. The van der Waals surface area contributed by atoms with Gasteiger partial charge in [-0.2, -0.15) is 0 Å². The van der Waals surface area contributed by atoms with Crippen molar-refractivity contribution >= 4 is 16.6 Å². The van der Waals surface area contributed by atoms with Gasteiger partial charge in [-0.15, -0.1) is 0 Å². The quantitative estimate of drug-likeness (QED) is 0.300. The zero-order valence-electron chi connectivity index (χ0n) is 18.1. The maximum atomic E-state index is 15.0. The molecular weight excluding hydrogens is 407 g/mol. The van der Waals surface area contributed by atoms with E-state index in [-0.39, 0.29) is 17.4 Å². The fourth-order valence-electron chi connectivity index (χ4n) is 4.61. The minimum absolute atomic E-state index is 0.126. The lowest BCUT2D eigenvalue weighted by Gasteiger charge is -2.27. The molecule has 5 heteroatoms. The molecule has 0 bridgehead atoms. The molecule has 0 aromatic heterocycles. The molecule has 2 aromatic rings. The van der Waals surface area contributed by atoms with Gasteiger partial charge >= 0.3 is 0 Å². The van der Waals surface area contributed by atoms with Crippen LogP contribution < -0.4 is 0 Å². The summed E-state index contributed by atoms with van der Waals surface area (Å²) < 4.78 is 73.9. The summed E-state index contributed by atoms with van der Waals surface area (Å²) in [5.74, 6) is -6.14. The Labute approximate surface area is 180 Å². The van der Waals surface area contributed by atoms with Crippen molar-refractivity contribution in [1.82, 2.24) is 0 Å². The van der Waals surface area contributed by atoms with Gasteiger partial charge in [-0.25, -0.2) is 22.0 Å². The number of halogens is 5. The highest BCUT2D eigenvalue weighted by Crippen LogP contribution is 2.40. The molecule has 0 spiro atoms. The second-order valence-corrected chi connectivity index (χ2v) is 8.46. The zero-order valence-corrected chi connectivity index (χ0v) is 18.1. The molecule has 1 aliphatic carbocycles. The first-order chi connectivity index (χ1) is 14.9. The van der Waals surface area contributed by atoms with Crippen molar-refractivity contribution < 1.29 is 22.0 Å². The van der Waals surface area contributed by atoms with Crippen molar-refractivity contribution in [1.29, 1.82) is 0 Å². The van der Waals surface area contributed by atoms with Crippen LogP contribution in [0, 0.1) is 29.3 Å². The Balaban J connectivity index is 1.94. The molecule has 31 heavy (non-hydrogen) atoms. The van der Waals surface area contributed by atoms with Crippen LogP contribution in [0.2, 0.25) is 0 Å². The summed E-state index contributed by atoms with van der Waals surface area (Å²) in [5, 5.41) is -0.511. The molecule has 0 N–H and O–H groups in total. The molecule has 168 valence electrons. The van der Waals surface area contributed by atoms with Crippen LogP contribution in [0.5, 0.6) is 0 Å². The third kappa shape index (κ3) is 5.02. The Morgan fingerprint density at radius 2 is 1.71 bits per heavy atom. The van der Waals surface area contributed by atoms with Crippen molar-refractivity contribution in [3.8, 4) is 0 Å². The molecule has 0 aliphatic heterocycles. The molecule has 0 atom stereocenters. The molecule has 0 unspecified atom stereocenters. The summed E-state index contributed by atoms with van der Waals surface area (Å²) in [5.41, 5.74) is -0.526. The maximum absolute atomic E-state index is 15.0. The van der Waals surface area contributed by atoms with Crippen molar-refractivity contribution in [3.63, 3.8) is 0 Å². The lowest BCUT2D eigenvalue weighted by molar-refractivity contribution is 0.261. The van der Waals surface area contributed by atoms with Gasteiger partial charge in [-0.3, -0.25) is 0 Å². The Bertz CT molecular complexity index is 981.